The maximum Gasteiger partial charge on any atom is 0.471 e. The Morgan fingerprint density at radius 2 is 0.856 bits per heavy atom. The quantitative estimate of drug-likeness (QED) is 0.0209. The number of alkyl halides is 16. The predicted molar refractivity (Wildman–Crippen MR) is 373 cm³/mol. The van der Waals surface area contributed by atoms with Gasteiger partial charge in [0.2, 0.25) is 23.3 Å². The molecule has 10 rings (SSSR count). The van der Waals surface area contributed by atoms with Crippen molar-refractivity contribution in [3.8, 4) is 68.6 Å². The van der Waals surface area contributed by atoms with E-state index < -0.39 is 48.3 Å². The lowest BCUT2D eigenvalue weighted by molar-refractivity contribution is -0.160. The molecule has 1 aliphatic rings. The molecule has 1 aliphatic heterocycles. The zero-order valence-corrected chi connectivity index (χ0v) is 61.0. The number of aromatic nitrogens is 9. The maximum atomic E-state index is 12.4. The van der Waals surface area contributed by atoms with Crippen molar-refractivity contribution >= 4 is 119 Å². The summed E-state index contributed by atoms with van der Waals surface area (Å²) in [6.07, 6.45) is -16.8. The molecule has 2 N–H and O–H groups in total. The van der Waals surface area contributed by atoms with Crippen molar-refractivity contribution in [1.29, 1.82) is 0 Å². The molecule has 0 saturated heterocycles. The summed E-state index contributed by atoms with van der Waals surface area (Å²) in [5.74, 6) is -0.0370. The summed E-state index contributed by atoms with van der Waals surface area (Å²) >= 11 is 14.4. The highest BCUT2D eigenvalue weighted by Crippen LogP contribution is 2.34. The predicted octanol–water partition coefficient (Wildman–Crippen LogP) is 20.5. The smallest absolute Gasteiger partial charge is 0.411 e. The number of rotatable bonds is 8. The summed E-state index contributed by atoms with van der Waals surface area (Å²) in [5, 5.41) is 43.3. The fraction of sp³-hybridized carbons (Fsp3) is 0.300. The molecule has 5 aromatic heterocycles. The average Bonchev–Trinajstić information content (AvgIpc) is 1.72. The average molecular weight is 1850 g/mol. The largest absolute Gasteiger partial charge is 0.471 e. The van der Waals surface area contributed by atoms with E-state index in [2.05, 4.69) is 188 Å². The van der Waals surface area contributed by atoms with Crippen molar-refractivity contribution < 1.29 is 90.6 Å². The van der Waals surface area contributed by atoms with Gasteiger partial charge in [0.1, 0.15) is 17.1 Å². The first-order valence-corrected chi connectivity index (χ1v) is 34.0. The molecule has 20 nitrogen and oxygen atoms in total. The molecule has 0 aliphatic carbocycles. The molecular weight excluding hydrogens is 1790 g/mol. The summed E-state index contributed by atoms with van der Waals surface area (Å²) in [6.45, 7) is 18.7. The molecule has 6 heterocycles. The highest BCUT2D eigenvalue weighted by atomic mass is 127. The van der Waals surface area contributed by atoms with Crippen molar-refractivity contribution in [2.24, 2.45) is 15.5 Å². The second-order valence-electron chi connectivity index (χ2n) is 18.8. The van der Waals surface area contributed by atoms with E-state index in [9.17, 15) is 52.7 Å². The second kappa shape index (κ2) is 41.9. The van der Waals surface area contributed by atoms with E-state index in [1.165, 1.54) is 50.6 Å². The standard InChI is InChI=1S/C14H12F3N3O2.C14H10F3N3O2.C10H5ClF3N3O2.C10H6F3N3O2.C4H8.C4H6.CH2I2.2CH3I.CH4/c1-13(2)7-10(19-22-13)8-3-5-9(6-4-8)11-18-12(21-20-11)14(15,16)17;1-7-8(2)21-19-11(7)9-3-5-10(6-4-9)12-18-13(22-20-12)14(15,16)17;11-7(16-18)5-1-3-6(4-2-5)8-15-9(19-17-8)10(12,13)14;11-10(12,13)9-15-8(16-18-9)7-3-1-6(2-4-7)5-14-17;1-4(2)3;1-3-4-2;2-1-3;2*1-2;/h3-6H,7H2,1-2H3;3-6H,1-2H3;1-4,18H;1-5,17H;1H2,2-3H3;1-2H3;1H2;2*1H3;1H4/b;;16-7-;14-5+;;;;;;. The SMILES string of the molecule is C.C=C(C)C.CC#CC.CC1(C)CC(c2ccc(-c3noc(C(F)(F)F)n3)cc2)=NO1.CI.CI.Cc1onc(-c2ccc(-c3noc(C(F)(F)F)n3)cc2)c1C.ICI.O/N=C(\Cl)c1ccc(-c2noc(C(F)(F)F)n2)cc1.O/N=C/c1ccc(-c2noc(C(F)(F)F)n2)cc1. The number of nitrogens with zero attached hydrogens (tertiary/aromatic N) is 12. The number of aryl methyl sites for hydroxylation is 1. The normalized spacial score (nSPS) is 12.1. The molecular formula is C60H59ClF12I4N12O8. The Hall–Kier alpha value is -7.27. The van der Waals surface area contributed by atoms with Gasteiger partial charge in [-0.2, -0.15) is 72.6 Å². The van der Waals surface area contributed by atoms with Gasteiger partial charge in [-0.1, -0.05) is 253 Å². The Balaban J connectivity index is 0.000000603. The molecule has 97 heavy (non-hydrogen) atoms. The van der Waals surface area contributed by atoms with Crippen LogP contribution in [0.3, 0.4) is 0 Å². The second-order valence-corrected chi connectivity index (χ2v) is 23.6. The van der Waals surface area contributed by atoms with Crippen LogP contribution in [0, 0.1) is 25.7 Å². The van der Waals surface area contributed by atoms with Crippen LogP contribution in [-0.2, 0) is 29.5 Å². The van der Waals surface area contributed by atoms with Crippen LogP contribution >= 0.6 is 102 Å². The first kappa shape index (κ1) is 87.7. The number of hydrogen-bond acceptors (Lipinski definition) is 20. The van der Waals surface area contributed by atoms with Gasteiger partial charge in [0.05, 0.1) is 14.4 Å². The van der Waals surface area contributed by atoms with Gasteiger partial charge in [-0.25, -0.2) is 0 Å². The number of allylic oxidation sites excluding steroid dienone is 1. The van der Waals surface area contributed by atoms with E-state index >= 15 is 0 Å². The van der Waals surface area contributed by atoms with Gasteiger partial charge in [-0.3, -0.25) is 0 Å². The molecule has 9 aromatic rings. The first-order valence-electron chi connectivity index (χ1n) is 26.2. The fourth-order valence-corrected chi connectivity index (χ4v) is 6.63. The van der Waals surface area contributed by atoms with Gasteiger partial charge in [0.15, 0.2) is 5.17 Å². The molecule has 4 aromatic carbocycles. The summed E-state index contributed by atoms with van der Waals surface area (Å²) in [7, 11) is 0. The van der Waals surface area contributed by atoms with Crippen LogP contribution in [0.5, 0.6) is 0 Å². The molecule has 0 bridgehead atoms. The molecule has 0 fully saturated rings. The maximum absolute atomic E-state index is 12.4. The number of benzene rings is 4. The van der Waals surface area contributed by atoms with Crippen molar-refractivity contribution in [2.45, 2.75) is 99.5 Å². The highest BCUT2D eigenvalue weighted by molar-refractivity contribution is 14.2. The lowest BCUT2D eigenvalue weighted by Gasteiger charge is -2.13. The fourth-order valence-electron chi connectivity index (χ4n) is 6.50. The summed E-state index contributed by atoms with van der Waals surface area (Å²) < 4.78 is 171. The summed E-state index contributed by atoms with van der Waals surface area (Å²) in [5.41, 5.74) is 7.35. The van der Waals surface area contributed by atoms with Crippen LogP contribution in [0.1, 0.15) is 107 Å². The zero-order valence-electron chi connectivity index (χ0n) is 51.6. The van der Waals surface area contributed by atoms with Crippen LogP contribution in [0.4, 0.5) is 52.7 Å². The Labute approximate surface area is 607 Å². The third-order valence-electron chi connectivity index (χ3n) is 10.8. The molecule has 0 unspecified atom stereocenters. The Morgan fingerprint density at radius 1 is 0.557 bits per heavy atom. The van der Waals surface area contributed by atoms with Crippen LogP contribution in [0.25, 0.3) is 56.8 Å². The van der Waals surface area contributed by atoms with E-state index in [-0.39, 0.29) is 41.5 Å². The molecule has 37 heteroatoms. The Kier molecular flexibility index (Phi) is 37.9. The molecule has 0 atom stereocenters. The summed E-state index contributed by atoms with van der Waals surface area (Å²) in [6, 6.07) is 25.1. The van der Waals surface area contributed by atoms with E-state index in [0.29, 0.717) is 51.3 Å². The molecule has 0 saturated carbocycles. The van der Waals surface area contributed by atoms with E-state index in [4.69, 9.17) is 31.4 Å². The number of oxime groups is 3. The number of halogens is 17. The minimum atomic E-state index is -4.68. The Bertz CT molecular complexity index is 3950. The van der Waals surface area contributed by atoms with Crippen molar-refractivity contribution in [2.75, 3.05) is 12.3 Å². The van der Waals surface area contributed by atoms with Crippen LogP contribution in [0.15, 0.2) is 147 Å². The minimum Gasteiger partial charge on any atom is -0.411 e. The van der Waals surface area contributed by atoms with E-state index in [0.717, 1.165) is 22.4 Å². The van der Waals surface area contributed by atoms with Crippen molar-refractivity contribution in [3.63, 3.8) is 0 Å². The van der Waals surface area contributed by atoms with Gasteiger partial charge in [-0.05, 0) is 76.4 Å². The van der Waals surface area contributed by atoms with Crippen LogP contribution in [0.2, 0.25) is 0 Å². The van der Waals surface area contributed by atoms with Gasteiger partial charge in [0.25, 0.3) is 0 Å². The number of hydrogen-bond donors (Lipinski definition) is 2. The summed E-state index contributed by atoms with van der Waals surface area (Å²) in [4.78, 5) is 22.4. The molecule has 0 spiro atoms. The van der Waals surface area contributed by atoms with Crippen molar-refractivity contribution in [1.82, 2.24) is 45.7 Å². The topological polar surface area (TPSA) is 268 Å². The van der Waals surface area contributed by atoms with Gasteiger partial charge >= 0.3 is 48.3 Å². The van der Waals surface area contributed by atoms with E-state index in [1.54, 1.807) is 67.6 Å². The molecule has 0 radical (unpaired) electrons. The molecule has 526 valence electrons. The molecule has 0 amide bonds. The lowest BCUT2D eigenvalue weighted by Crippen LogP contribution is -2.19. The first-order chi connectivity index (χ1) is 45.1. The van der Waals surface area contributed by atoms with Crippen LogP contribution in [-0.4, -0.2) is 91.1 Å². The van der Waals surface area contributed by atoms with Gasteiger partial charge in [0, 0.05) is 45.4 Å². The minimum absolute atomic E-state index is 0. The van der Waals surface area contributed by atoms with Crippen LogP contribution < -0.4 is 0 Å². The lowest BCUT2D eigenvalue weighted by atomic mass is 9.97. The Morgan fingerprint density at radius 3 is 1.10 bits per heavy atom. The zero-order chi connectivity index (χ0) is 72.8. The van der Waals surface area contributed by atoms with Gasteiger partial charge in [-0.15, -0.1) is 18.4 Å². The monoisotopic (exact) mass is 1850 g/mol. The van der Waals surface area contributed by atoms with Crippen molar-refractivity contribution in [3.05, 3.63) is 161 Å². The van der Waals surface area contributed by atoms with E-state index in [1.807, 2.05) is 58.3 Å². The third-order valence-corrected chi connectivity index (χ3v) is 11.1. The highest BCUT2D eigenvalue weighted by Gasteiger charge is 2.41. The third kappa shape index (κ3) is 29.4. The van der Waals surface area contributed by atoms with Gasteiger partial charge < -0.3 is 37.9 Å².